The first-order chi connectivity index (χ1) is 12.0. The molecule has 130 valence electrons. The minimum absolute atomic E-state index is 0.00801. The summed E-state index contributed by atoms with van der Waals surface area (Å²) in [5.74, 6) is 0.559. The number of benzene rings is 1. The number of aromatic nitrogens is 3. The van der Waals surface area contributed by atoms with Gasteiger partial charge >= 0.3 is 0 Å². The molecule has 0 aliphatic rings. The first kappa shape index (κ1) is 17.1. The number of methoxy groups -OCH3 is 1. The molecule has 0 aliphatic carbocycles. The van der Waals surface area contributed by atoms with Crippen molar-refractivity contribution in [1.82, 2.24) is 20.0 Å². The number of ether oxygens (including phenoxy) is 1. The Hall–Kier alpha value is -2.78. The van der Waals surface area contributed by atoms with Gasteiger partial charge < -0.3 is 4.74 Å². The normalized spacial score (nSPS) is 11.4. The smallest absolute Gasteiger partial charge is 0.240 e. The summed E-state index contributed by atoms with van der Waals surface area (Å²) in [7, 11) is -2.21. The van der Waals surface area contributed by atoms with Crippen molar-refractivity contribution in [1.29, 1.82) is 0 Å². The van der Waals surface area contributed by atoms with Crippen LogP contribution in [-0.4, -0.2) is 30.8 Å². The number of aryl methyl sites for hydroxylation is 1. The molecular formula is C16H16N4O4S. The summed E-state index contributed by atoms with van der Waals surface area (Å²) in [4.78, 5) is 4.17. The fourth-order valence-corrected chi connectivity index (χ4v) is 3.27. The van der Waals surface area contributed by atoms with E-state index in [9.17, 15) is 8.42 Å². The largest absolute Gasteiger partial charge is 0.496 e. The number of rotatable bonds is 6. The van der Waals surface area contributed by atoms with Gasteiger partial charge in [0.2, 0.25) is 10.0 Å². The van der Waals surface area contributed by atoms with Gasteiger partial charge in [-0.1, -0.05) is 16.4 Å². The SMILES string of the molecule is COc1ccc(S(=O)(=O)NCc2nonc2C)cc1-c1cccnc1. The van der Waals surface area contributed by atoms with Crippen LogP contribution in [0.3, 0.4) is 0 Å². The molecule has 1 N–H and O–H groups in total. The number of sulfonamides is 1. The minimum Gasteiger partial charge on any atom is -0.496 e. The molecule has 25 heavy (non-hydrogen) atoms. The Balaban J connectivity index is 1.92. The lowest BCUT2D eigenvalue weighted by molar-refractivity contribution is 0.301. The van der Waals surface area contributed by atoms with Crippen LogP contribution in [0.15, 0.2) is 52.3 Å². The van der Waals surface area contributed by atoms with Crippen LogP contribution in [0.25, 0.3) is 11.1 Å². The highest BCUT2D eigenvalue weighted by molar-refractivity contribution is 7.89. The van der Waals surface area contributed by atoms with Crippen LogP contribution in [0.1, 0.15) is 11.4 Å². The molecule has 0 aliphatic heterocycles. The third kappa shape index (κ3) is 3.67. The van der Waals surface area contributed by atoms with Crippen LogP contribution in [0.5, 0.6) is 5.75 Å². The number of pyridine rings is 1. The molecule has 0 radical (unpaired) electrons. The van der Waals surface area contributed by atoms with Gasteiger partial charge in [-0.15, -0.1) is 0 Å². The summed E-state index contributed by atoms with van der Waals surface area (Å²) < 4.78 is 37.5. The molecule has 1 aromatic carbocycles. The Morgan fingerprint density at radius 1 is 1.24 bits per heavy atom. The average molecular weight is 360 g/mol. The predicted molar refractivity (Wildman–Crippen MR) is 89.3 cm³/mol. The first-order valence-corrected chi connectivity index (χ1v) is 8.86. The summed E-state index contributed by atoms with van der Waals surface area (Å²) in [6, 6.07) is 8.24. The summed E-state index contributed by atoms with van der Waals surface area (Å²) in [5.41, 5.74) is 2.36. The lowest BCUT2D eigenvalue weighted by Crippen LogP contribution is -2.23. The second kappa shape index (κ2) is 6.99. The van der Waals surface area contributed by atoms with Crippen LogP contribution in [0.4, 0.5) is 0 Å². The van der Waals surface area contributed by atoms with Gasteiger partial charge in [0.15, 0.2) is 0 Å². The molecule has 0 unspecified atom stereocenters. The predicted octanol–water partition coefficient (Wildman–Crippen LogP) is 1.93. The van der Waals surface area contributed by atoms with E-state index in [0.717, 1.165) is 5.56 Å². The third-order valence-electron chi connectivity index (χ3n) is 3.63. The van der Waals surface area contributed by atoms with Crippen molar-refractivity contribution in [2.24, 2.45) is 0 Å². The highest BCUT2D eigenvalue weighted by atomic mass is 32.2. The zero-order valence-corrected chi connectivity index (χ0v) is 14.4. The van der Waals surface area contributed by atoms with E-state index >= 15 is 0 Å². The molecule has 3 rings (SSSR count). The Kier molecular flexibility index (Phi) is 4.77. The molecule has 0 spiro atoms. The van der Waals surface area contributed by atoms with Crippen molar-refractivity contribution in [2.45, 2.75) is 18.4 Å². The Bertz CT molecular complexity index is 971. The molecule has 0 fully saturated rings. The second-order valence-corrected chi connectivity index (χ2v) is 6.99. The summed E-state index contributed by atoms with van der Waals surface area (Å²) >= 11 is 0. The van der Waals surface area contributed by atoms with E-state index in [0.29, 0.717) is 22.7 Å². The Morgan fingerprint density at radius 2 is 2.08 bits per heavy atom. The molecule has 3 aromatic rings. The van der Waals surface area contributed by atoms with Crippen LogP contribution in [-0.2, 0) is 16.6 Å². The van der Waals surface area contributed by atoms with Crippen LogP contribution < -0.4 is 9.46 Å². The van der Waals surface area contributed by atoms with Gasteiger partial charge in [-0.3, -0.25) is 4.98 Å². The lowest BCUT2D eigenvalue weighted by atomic mass is 10.1. The minimum atomic E-state index is -3.74. The van der Waals surface area contributed by atoms with Crippen LogP contribution in [0, 0.1) is 6.92 Å². The standard InChI is InChI=1S/C16H16N4O4S/c1-11-15(20-24-19-11)10-18-25(21,22)13-5-6-16(23-2)14(8-13)12-4-3-7-17-9-12/h3-9,18H,10H2,1-2H3. The number of nitrogens with one attached hydrogen (secondary N) is 1. The van der Waals surface area contributed by atoms with Crippen molar-refractivity contribution in [2.75, 3.05) is 7.11 Å². The summed E-state index contributed by atoms with van der Waals surface area (Å²) in [6.45, 7) is 1.68. The quantitative estimate of drug-likeness (QED) is 0.715. The van der Waals surface area contributed by atoms with Gasteiger partial charge in [-0.25, -0.2) is 17.8 Å². The molecule has 2 heterocycles. The fourth-order valence-electron chi connectivity index (χ4n) is 2.26. The van der Waals surface area contributed by atoms with Crippen molar-refractivity contribution in [3.8, 4) is 16.9 Å². The molecule has 0 bridgehead atoms. The lowest BCUT2D eigenvalue weighted by Gasteiger charge is -2.11. The second-order valence-electron chi connectivity index (χ2n) is 5.22. The van der Waals surface area contributed by atoms with E-state index in [-0.39, 0.29) is 11.4 Å². The maximum atomic E-state index is 12.6. The number of hydrogen-bond acceptors (Lipinski definition) is 7. The van der Waals surface area contributed by atoms with Crippen molar-refractivity contribution >= 4 is 10.0 Å². The molecule has 0 saturated heterocycles. The van der Waals surface area contributed by atoms with Crippen molar-refractivity contribution in [3.05, 3.63) is 54.1 Å². The summed E-state index contributed by atoms with van der Waals surface area (Å²) in [5, 5.41) is 7.29. The molecule has 0 saturated carbocycles. The van der Waals surface area contributed by atoms with Gasteiger partial charge in [0.25, 0.3) is 0 Å². The van der Waals surface area contributed by atoms with Crippen LogP contribution >= 0.6 is 0 Å². The van der Waals surface area contributed by atoms with Gasteiger partial charge in [-0.05, 0) is 31.2 Å². The molecule has 2 aromatic heterocycles. The Labute approximate surface area is 144 Å². The summed E-state index contributed by atoms with van der Waals surface area (Å²) in [6.07, 6.45) is 3.29. The van der Waals surface area contributed by atoms with E-state index in [1.165, 1.54) is 13.2 Å². The van der Waals surface area contributed by atoms with Gasteiger partial charge in [0, 0.05) is 23.5 Å². The number of nitrogens with zero attached hydrogens (tertiary/aromatic N) is 3. The van der Waals surface area contributed by atoms with Gasteiger partial charge in [0.1, 0.15) is 17.1 Å². The average Bonchev–Trinajstić information content (AvgIpc) is 3.05. The highest BCUT2D eigenvalue weighted by Gasteiger charge is 2.18. The van der Waals surface area contributed by atoms with E-state index < -0.39 is 10.0 Å². The molecule has 8 nitrogen and oxygen atoms in total. The molecule has 9 heteroatoms. The fraction of sp³-hybridized carbons (Fsp3) is 0.188. The topological polar surface area (TPSA) is 107 Å². The maximum Gasteiger partial charge on any atom is 0.240 e. The van der Waals surface area contributed by atoms with Crippen molar-refractivity contribution in [3.63, 3.8) is 0 Å². The van der Waals surface area contributed by atoms with Crippen LogP contribution in [0.2, 0.25) is 0 Å². The zero-order valence-electron chi connectivity index (χ0n) is 13.6. The number of hydrogen-bond donors (Lipinski definition) is 1. The van der Waals surface area contributed by atoms with Crippen molar-refractivity contribution < 1.29 is 17.8 Å². The zero-order chi connectivity index (χ0) is 17.9. The van der Waals surface area contributed by atoms with Gasteiger partial charge in [0.05, 0.1) is 18.6 Å². The van der Waals surface area contributed by atoms with E-state index in [1.807, 2.05) is 6.07 Å². The highest BCUT2D eigenvalue weighted by Crippen LogP contribution is 2.31. The van der Waals surface area contributed by atoms with Gasteiger partial charge in [-0.2, -0.15) is 0 Å². The molecule has 0 amide bonds. The Morgan fingerprint density at radius 3 is 2.72 bits per heavy atom. The van der Waals surface area contributed by atoms with E-state index in [4.69, 9.17) is 4.74 Å². The van der Waals surface area contributed by atoms with E-state index in [1.54, 1.807) is 37.5 Å². The third-order valence-corrected chi connectivity index (χ3v) is 5.03. The van der Waals surface area contributed by atoms with E-state index in [2.05, 4.69) is 24.6 Å². The molecular weight excluding hydrogens is 344 g/mol. The first-order valence-electron chi connectivity index (χ1n) is 7.37. The monoisotopic (exact) mass is 360 g/mol. The molecule has 0 atom stereocenters. The maximum absolute atomic E-state index is 12.6.